The fraction of sp³-hybridized carbons (Fsp3) is 0.611. The molecular formula is C18H25N7O2. The van der Waals surface area contributed by atoms with Crippen LogP contribution in [-0.4, -0.2) is 75.1 Å². The molecule has 1 amide bonds. The predicted octanol–water partition coefficient (Wildman–Crippen LogP) is 1.04. The van der Waals surface area contributed by atoms with Gasteiger partial charge in [0.2, 0.25) is 17.7 Å². The SMILES string of the molecule is Cc1noc([C@@H]2CCCCN2C(=O)CN2CCN(c3ncccn3)CC2)n1. The smallest absolute Gasteiger partial charge is 0.249 e. The van der Waals surface area contributed by atoms with Crippen molar-refractivity contribution in [2.24, 2.45) is 0 Å². The van der Waals surface area contributed by atoms with Gasteiger partial charge in [-0.3, -0.25) is 9.69 Å². The van der Waals surface area contributed by atoms with Gasteiger partial charge in [0.05, 0.1) is 6.54 Å². The molecule has 0 aliphatic carbocycles. The lowest BCUT2D eigenvalue weighted by atomic mass is 10.0. The largest absolute Gasteiger partial charge is 0.338 e. The van der Waals surface area contributed by atoms with Gasteiger partial charge in [0, 0.05) is 45.1 Å². The van der Waals surface area contributed by atoms with E-state index in [1.165, 1.54) is 0 Å². The Hall–Kier alpha value is -2.55. The molecule has 0 spiro atoms. The van der Waals surface area contributed by atoms with Crippen LogP contribution >= 0.6 is 0 Å². The van der Waals surface area contributed by atoms with Crippen LogP contribution in [0.4, 0.5) is 5.95 Å². The molecule has 0 radical (unpaired) electrons. The normalized spacial score (nSPS) is 21.4. The maximum absolute atomic E-state index is 13.0. The number of likely N-dealkylation sites (tertiary alicyclic amines) is 1. The number of hydrogen-bond acceptors (Lipinski definition) is 8. The van der Waals surface area contributed by atoms with Crippen LogP contribution in [0.15, 0.2) is 23.0 Å². The second-order valence-corrected chi connectivity index (χ2v) is 7.09. The first-order valence-electron chi connectivity index (χ1n) is 9.55. The van der Waals surface area contributed by atoms with E-state index >= 15 is 0 Å². The number of anilines is 1. The zero-order chi connectivity index (χ0) is 18.6. The van der Waals surface area contributed by atoms with Crippen LogP contribution < -0.4 is 4.90 Å². The third kappa shape index (κ3) is 4.08. The molecule has 2 aliphatic heterocycles. The van der Waals surface area contributed by atoms with Gasteiger partial charge in [-0.2, -0.15) is 4.98 Å². The minimum absolute atomic E-state index is 0.0912. The van der Waals surface area contributed by atoms with Crippen molar-refractivity contribution in [2.45, 2.75) is 32.2 Å². The van der Waals surface area contributed by atoms with Crippen molar-refractivity contribution in [3.05, 3.63) is 30.2 Å². The van der Waals surface area contributed by atoms with E-state index in [4.69, 9.17) is 4.52 Å². The molecule has 27 heavy (non-hydrogen) atoms. The van der Waals surface area contributed by atoms with Crippen LogP contribution in [-0.2, 0) is 4.79 Å². The molecule has 2 aliphatic rings. The number of aromatic nitrogens is 4. The molecule has 144 valence electrons. The summed E-state index contributed by atoms with van der Waals surface area (Å²) in [6.45, 7) is 6.27. The van der Waals surface area contributed by atoms with Crippen molar-refractivity contribution in [3.8, 4) is 0 Å². The van der Waals surface area contributed by atoms with Crippen LogP contribution in [0.3, 0.4) is 0 Å². The number of hydrogen-bond donors (Lipinski definition) is 0. The Labute approximate surface area is 158 Å². The lowest BCUT2D eigenvalue weighted by Crippen LogP contribution is -2.51. The molecule has 0 aromatic carbocycles. The summed E-state index contributed by atoms with van der Waals surface area (Å²) >= 11 is 0. The number of amides is 1. The van der Waals surface area contributed by atoms with Crippen molar-refractivity contribution in [1.29, 1.82) is 0 Å². The van der Waals surface area contributed by atoms with Crippen LogP contribution in [0.5, 0.6) is 0 Å². The lowest BCUT2D eigenvalue weighted by molar-refractivity contribution is -0.137. The van der Waals surface area contributed by atoms with Gasteiger partial charge in [0.1, 0.15) is 6.04 Å². The average Bonchev–Trinajstić information content (AvgIpc) is 3.15. The molecule has 9 nitrogen and oxygen atoms in total. The summed E-state index contributed by atoms with van der Waals surface area (Å²) in [4.78, 5) is 32.2. The molecule has 2 aromatic rings. The first kappa shape index (κ1) is 17.8. The van der Waals surface area contributed by atoms with E-state index in [2.05, 4.69) is 29.9 Å². The van der Waals surface area contributed by atoms with Gasteiger partial charge in [-0.1, -0.05) is 5.16 Å². The van der Waals surface area contributed by atoms with E-state index in [-0.39, 0.29) is 11.9 Å². The van der Waals surface area contributed by atoms with Crippen LogP contribution in [0, 0.1) is 6.92 Å². The van der Waals surface area contributed by atoms with Crippen LogP contribution in [0.25, 0.3) is 0 Å². The Morgan fingerprint density at radius 3 is 2.63 bits per heavy atom. The van der Waals surface area contributed by atoms with Crippen molar-refractivity contribution >= 4 is 11.9 Å². The molecule has 0 unspecified atom stereocenters. The standard InChI is InChI=1S/C18H25N7O2/c1-14-21-17(27-22-14)15-5-2-3-8-25(15)16(26)13-23-9-11-24(12-10-23)18-19-6-4-7-20-18/h4,6-7,15H,2-3,5,8-13H2,1H3/t15-/m0/s1. The van der Waals surface area contributed by atoms with Gasteiger partial charge in [-0.15, -0.1) is 0 Å². The van der Waals surface area contributed by atoms with E-state index in [0.717, 1.165) is 57.9 Å². The van der Waals surface area contributed by atoms with Crippen LogP contribution in [0.1, 0.15) is 37.0 Å². The fourth-order valence-electron chi connectivity index (χ4n) is 3.78. The summed E-state index contributed by atoms with van der Waals surface area (Å²) < 4.78 is 5.35. The van der Waals surface area contributed by atoms with Gasteiger partial charge < -0.3 is 14.3 Å². The minimum Gasteiger partial charge on any atom is -0.338 e. The zero-order valence-electron chi connectivity index (χ0n) is 15.6. The number of aryl methyl sites for hydroxylation is 1. The van der Waals surface area contributed by atoms with Gasteiger partial charge in [-0.25, -0.2) is 9.97 Å². The summed E-state index contributed by atoms with van der Waals surface area (Å²) in [7, 11) is 0. The highest BCUT2D eigenvalue weighted by molar-refractivity contribution is 5.78. The molecule has 4 rings (SSSR count). The first-order chi connectivity index (χ1) is 13.2. The first-order valence-corrected chi connectivity index (χ1v) is 9.55. The summed E-state index contributed by atoms with van der Waals surface area (Å²) in [6.07, 6.45) is 6.49. The van der Waals surface area contributed by atoms with Crippen molar-refractivity contribution in [1.82, 2.24) is 29.9 Å². The van der Waals surface area contributed by atoms with Gasteiger partial charge in [-0.05, 0) is 32.3 Å². The number of carbonyl (C=O) groups is 1. The Bertz CT molecular complexity index is 758. The number of piperazine rings is 1. The molecule has 2 saturated heterocycles. The molecule has 2 aromatic heterocycles. The zero-order valence-corrected chi connectivity index (χ0v) is 15.6. The number of rotatable bonds is 4. The molecule has 9 heteroatoms. The van der Waals surface area contributed by atoms with E-state index in [9.17, 15) is 4.79 Å². The summed E-state index contributed by atoms with van der Waals surface area (Å²) in [5, 5.41) is 3.89. The lowest BCUT2D eigenvalue weighted by Gasteiger charge is -2.37. The monoisotopic (exact) mass is 371 g/mol. The minimum atomic E-state index is -0.0912. The van der Waals surface area contributed by atoms with E-state index in [1.54, 1.807) is 19.3 Å². The highest BCUT2D eigenvalue weighted by Crippen LogP contribution is 2.30. The van der Waals surface area contributed by atoms with E-state index in [0.29, 0.717) is 18.3 Å². The predicted molar refractivity (Wildman–Crippen MR) is 98.0 cm³/mol. The molecule has 0 saturated carbocycles. The summed E-state index contributed by atoms with van der Waals surface area (Å²) in [6, 6.07) is 1.73. The van der Waals surface area contributed by atoms with Gasteiger partial charge in [0.25, 0.3) is 0 Å². The maximum atomic E-state index is 13.0. The highest BCUT2D eigenvalue weighted by Gasteiger charge is 2.33. The van der Waals surface area contributed by atoms with E-state index in [1.807, 2.05) is 11.0 Å². The second-order valence-electron chi connectivity index (χ2n) is 7.09. The summed E-state index contributed by atoms with van der Waals surface area (Å²) in [5.74, 6) is 2.07. The topological polar surface area (TPSA) is 91.5 Å². The molecular weight excluding hydrogens is 346 g/mol. The van der Waals surface area contributed by atoms with Gasteiger partial charge >= 0.3 is 0 Å². The Morgan fingerprint density at radius 2 is 1.93 bits per heavy atom. The average molecular weight is 371 g/mol. The van der Waals surface area contributed by atoms with Crippen LogP contribution in [0.2, 0.25) is 0 Å². The fourth-order valence-corrected chi connectivity index (χ4v) is 3.78. The molecule has 4 heterocycles. The van der Waals surface area contributed by atoms with Gasteiger partial charge in [0.15, 0.2) is 5.82 Å². The Kier molecular flexibility index (Phi) is 5.28. The molecule has 0 N–H and O–H groups in total. The van der Waals surface area contributed by atoms with Crippen molar-refractivity contribution < 1.29 is 9.32 Å². The third-order valence-electron chi connectivity index (χ3n) is 5.22. The Morgan fingerprint density at radius 1 is 1.15 bits per heavy atom. The highest BCUT2D eigenvalue weighted by atomic mass is 16.5. The third-order valence-corrected chi connectivity index (χ3v) is 5.22. The maximum Gasteiger partial charge on any atom is 0.249 e. The number of carbonyl (C=O) groups excluding carboxylic acids is 1. The number of piperidine rings is 1. The van der Waals surface area contributed by atoms with E-state index < -0.39 is 0 Å². The summed E-state index contributed by atoms with van der Waals surface area (Å²) in [5.41, 5.74) is 0. The van der Waals surface area contributed by atoms with Crippen molar-refractivity contribution in [3.63, 3.8) is 0 Å². The molecule has 1 atom stereocenters. The quantitative estimate of drug-likeness (QED) is 0.787. The molecule has 2 fully saturated rings. The van der Waals surface area contributed by atoms with Crippen molar-refractivity contribution in [2.75, 3.05) is 44.2 Å². The second kappa shape index (κ2) is 7.99. The number of nitrogens with zero attached hydrogens (tertiary/aromatic N) is 7. The Balaban J connectivity index is 1.34. The molecule has 0 bridgehead atoms.